The number of hydrogen-bond donors (Lipinski definition) is 2. The van der Waals surface area contributed by atoms with Gasteiger partial charge in [-0.3, -0.25) is 14.4 Å². The highest BCUT2D eigenvalue weighted by Gasteiger charge is 2.39. The second-order valence-corrected chi connectivity index (χ2v) is 7.09. The van der Waals surface area contributed by atoms with Crippen molar-refractivity contribution in [3.8, 4) is 5.75 Å². The Morgan fingerprint density at radius 3 is 2.48 bits per heavy atom. The first-order valence-corrected chi connectivity index (χ1v) is 9.56. The van der Waals surface area contributed by atoms with E-state index in [4.69, 9.17) is 4.74 Å². The summed E-state index contributed by atoms with van der Waals surface area (Å²) in [6.45, 7) is 4.09. The molecular formula is C22H25N3O4. The lowest BCUT2D eigenvalue weighted by atomic mass is 10.1. The van der Waals surface area contributed by atoms with E-state index in [0.717, 1.165) is 17.0 Å². The quantitative estimate of drug-likeness (QED) is 0.732. The van der Waals surface area contributed by atoms with E-state index in [9.17, 15) is 14.4 Å². The number of nitrogens with one attached hydrogen (secondary N) is 2. The molecule has 0 fully saturated rings. The molecule has 2 aromatic carbocycles. The molecule has 0 radical (unpaired) electrons. The summed E-state index contributed by atoms with van der Waals surface area (Å²) in [5.41, 5.74) is 2.39. The molecule has 3 amide bonds. The van der Waals surface area contributed by atoms with Gasteiger partial charge in [-0.1, -0.05) is 36.4 Å². The maximum atomic E-state index is 12.8. The van der Waals surface area contributed by atoms with Crippen LogP contribution in [0.1, 0.15) is 31.0 Å². The molecule has 29 heavy (non-hydrogen) atoms. The summed E-state index contributed by atoms with van der Waals surface area (Å²) < 4.78 is 5.28. The Hall–Kier alpha value is -3.35. The van der Waals surface area contributed by atoms with E-state index in [2.05, 4.69) is 10.6 Å². The Morgan fingerprint density at radius 1 is 1.07 bits per heavy atom. The zero-order valence-electron chi connectivity index (χ0n) is 16.8. The Bertz CT molecular complexity index is 926. The van der Waals surface area contributed by atoms with Crippen LogP contribution < -0.4 is 20.3 Å². The third-order valence-electron chi connectivity index (χ3n) is 4.86. The predicted molar refractivity (Wildman–Crippen MR) is 110 cm³/mol. The van der Waals surface area contributed by atoms with Crippen molar-refractivity contribution in [1.82, 2.24) is 10.6 Å². The minimum Gasteiger partial charge on any atom is -0.496 e. The first kappa shape index (κ1) is 20.4. The molecule has 0 saturated heterocycles. The molecule has 1 aliphatic rings. The molecule has 3 rings (SSSR count). The molecule has 0 aliphatic carbocycles. The average molecular weight is 395 g/mol. The molecule has 7 heteroatoms. The highest BCUT2D eigenvalue weighted by Crippen LogP contribution is 2.36. The van der Waals surface area contributed by atoms with Gasteiger partial charge in [-0.05, 0) is 38.0 Å². The van der Waals surface area contributed by atoms with Gasteiger partial charge in [-0.25, -0.2) is 0 Å². The van der Waals surface area contributed by atoms with Gasteiger partial charge in [0.15, 0.2) is 0 Å². The summed E-state index contributed by atoms with van der Waals surface area (Å²) in [4.78, 5) is 39.0. The Balaban J connectivity index is 1.61. The minimum atomic E-state index is -0.860. The molecular weight excluding hydrogens is 370 g/mol. The summed E-state index contributed by atoms with van der Waals surface area (Å²) in [6.07, 6.45) is 0.523. The van der Waals surface area contributed by atoms with Gasteiger partial charge < -0.3 is 20.3 Å². The number of anilines is 1. The van der Waals surface area contributed by atoms with Crippen LogP contribution in [0, 0.1) is 0 Å². The number of hydrogen-bond acceptors (Lipinski definition) is 4. The van der Waals surface area contributed by atoms with Crippen LogP contribution >= 0.6 is 0 Å². The molecule has 0 saturated carbocycles. The van der Waals surface area contributed by atoms with Crippen molar-refractivity contribution in [1.29, 1.82) is 0 Å². The number of amides is 3. The van der Waals surface area contributed by atoms with Crippen LogP contribution in [-0.2, 0) is 20.8 Å². The van der Waals surface area contributed by atoms with E-state index in [1.807, 2.05) is 56.3 Å². The minimum absolute atomic E-state index is 0.0553. The standard InChI is InChI=1S/C22H25N3O4/c1-14(2)25-17-10-6-5-9-16(17)19(22(25)28)24-21(27)20(26)23-13-12-15-8-4-7-11-18(15)29-3/h4-11,14,19H,12-13H2,1-3H3,(H,23,26)(H,24,27)/t19-/m1/s1. The van der Waals surface area contributed by atoms with Crippen molar-refractivity contribution in [3.63, 3.8) is 0 Å². The van der Waals surface area contributed by atoms with E-state index >= 15 is 0 Å². The van der Waals surface area contributed by atoms with Gasteiger partial charge in [-0.15, -0.1) is 0 Å². The maximum Gasteiger partial charge on any atom is 0.310 e. The van der Waals surface area contributed by atoms with Gasteiger partial charge in [0.25, 0.3) is 5.91 Å². The predicted octanol–water partition coefficient (Wildman–Crippen LogP) is 1.97. The van der Waals surface area contributed by atoms with Crippen LogP contribution in [0.15, 0.2) is 48.5 Å². The molecule has 0 unspecified atom stereocenters. The number of carbonyl (C=O) groups is 3. The number of methoxy groups -OCH3 is 1. The van der Waals surface area contributed by atoms with Gasteiger partial charge in [-0.2, -0.15) is 0 Å². The molecule has 0 spiro atoms. The molecule has 2 N–H and O–H groups in total. The Labute approximate surface area is 170 Å². The SMILES string of the molecule is COc1ccccc1CCNC(=O)C(=O)N[C@H]1C(=O)N(C(C)C)c2ccccc21. The molecule has 2 aromatic rings. The first-order chi connectivity index (χ1) is 13.9. The largest absolute Gasteiger partial charge is 0.496 e. The van der Waals surface area contributed by atoms with Crippen LogP contribution in [0.5, 0.6) is 5.75 Å². The van der Waals surface area contributed by atoms with Crippen LogP contribution in [0.3, 0.4) is 0 Å². The second kappa shape index (κ2) is 8.77. The Kier molecular flexibility index (Phi) is 6.16. The molecule has 0 aromatic heterocycles. The first-order valence-electron chi connectivity index (χ1n) is 9.56. The maximum absolute atomic E-state index is 12.8. The van der Waals surface area contributed by atoms with Gasteiger partial charge in [0, 0.05) is 23.8 Å². The number of benzene rings is 2. The number of rotatable bonds is 6. The third-order valence-corrected chi connectivity index (χ3v) is 4.86. The smallest absolute Gasteiger partial charge is 0.310 e. The van der Waals surface area contributed by atoms with Crippen molar-refractivity contribution in [2.75, 3.05) is 18.6 Å². The average Bonchev–Trinajstić information content (AvgIpc) is 3.00. The molecule has 0 bridgehead atoms. The molecule has 7 nitrogen and oxygen atoms in total. The van der Waals surface area contributed by atoms with Crippen LogP contribution in [-0.4, -0.2) is 37.4 Å². The fourth-order valence-electron chi connectivity index (χ4n) is 3.51. The van der Waals surface area contributed by atoms with Crippen molar-refractivity contribution < 1.29 is 19.1 Å². The highest BCUT2D eigenvalue weighted by molar-refractivity contribution is 6.35. The Morgan fingerprint density at radius 2 is 1.76 bits per heavy atom. The summed E-state index contributed by atoms with van der Waals surface area (Å²) in [5, 5.41) is 5.17. The molecule has 1 aliphatic heterocycles. The summed E-state index contributed by atoms with van der Waals surface area (Å²) in [7, 11) is 1.59. The normalized spacial score (nSPS) is 15.2. The van der Waals surface area contributed by atoms with Crippen molar-refractivity contribution in [2.45, 2.75) is 32.4 Å². The van der Waals surface area contributed by atoms with E-state index in [0.29, 0.717) is 12.0 Å². The van der Waals surface area contributed by atoms with Gasteiger partial charge in [0.05, 0.1) is 7.11 Å². The zero-order valence-corrected chi connectivity index (χ0v) is 16.8. The lowest BCUT2D eigenvalue weighted by Crippen LogP contribution is -2.45. The van der Waals surface area contributed by atoms with Crippen LogP contribution in [0.4, 0.5) is 5.69 Å². The van der Waals surface area contributed by atoms with E-state index in [1.165, 1.54) is 0 Å². The fraction of sp³-hybridized carbons (Fsp3) is 0.318. The monoisotopic (exact) mass is 395 g/mol. The number of nitrogens with zero attached hydrogens (tertiary/aromatic N) is 1. The summed E-state index contributed by atoms with van der Waals surface area (Å²) >= 11 is 0. The zero-order chi connectivity index (χ0) is 21.0. The number of carbonyl (C=O) groups excluding carboxylic acids is 3. The molecule has 1 atom stereocenters. The molecule has 1 heterocycles. The second-order valence-electron chi connectivity index (χ2n) is 7.09. The van der Waals surface area contributed by atoms with Crippen LogP contribution in [0.2, 0.25) is 0 Å². The number of ether oxygens (including phenoxy) is 1. The third kappa shape index (κ3) is 4.23. The molecule has 152 valence electrons. The van der Waals surface area contributed by atoms with Crippen molar-refractivity contribution in [3.05, 3.63) is 59.7 Å². The van der Waals surface area contributed by atoms with E-state index < -0.39 is 17.9 Å². The van der Waals surface area contributed by atoms with E-state index in [-0.39, 0.29) is 18.5 Å². The lowest BCUT2D eigenvalue weighted by molar-refractivity contribution is -0.140. The fourth-order valence-corrected chi connectivity index (χ4v) is 3.51. The van der Waals surface area contributed by atoms with Gasteiger partial charge in [0.2, 0.25) is 0 Å². The van der Waals surface area contributed by atoms with Gasteiger partial charge >= 0.3 is 11.8 Å². The van der Waals surface area contributed by atoms with Gasteiger partial charge in [0.1, 0.15) is 11.8 Å². The highest BCUT2D eigenvalue weighted by atomic mass is 16.5. The number of fused-ring (bicyclic) bond motifs is 1. The van der Waals surface area contributed by atoms with Crippen molar-refractivity contribution >= 4 is 23.4 Å². The van der Waals surface area contributed by atoms with E-state index in [1.54, 1.807) is 18.1 Å². The lowest BCUT2D eigenvalue weighted by Gasteiger charge is -2.22. The van der Waals surface area contributed by atoms with Crippen LogP contribution in [0.25, 0.3) is 0 Å². The topological polar surface area (TPSA) is 87.7 Å². The van der Waals surface area contributed by atoms with Crippen molar-refractivity contribution in [2.24, 2.45) is 0 Å². The number of para-hydroxylation sites is 2. The summed E-state index contributed by atoms with van der Waals surface area (Å²) in [6, 6.07) is 13.9. The summed E-state index contributed by atoms with van der Waals surface area (Å²) in [5.74, 6) is -1.11.